The predicted molar refractivity (Wildman–Crippen MR) is 82.1 cm³/mol. The molecule has 0 bridgehead atoms. The Bertz CT molecular complexity index is 429. The highest BCUT2D eigenvalue weighted by atomic mass is 16.5. The first-order chi connectivity index (χ1) is 10.2. The van der Waals surface area contributed by atoms with E-state index in [1.54, 1.807) is 13.3 Å². The minimum Gasteiger partial charge on any atom is -0.380 e. The maximum absolute atomic E-state index is 11.9. The molecule has 1 amide bonds. The Balaban J connectivity index is 1.75. The number of nitrogens with two attached hydrogens (primary N) is 1. The van der Waals surface area contributed by atoms with Gasteiger partial charge in [0, 0.05) is 39.0 Å². The largest absolute Gasteiger partial charge is 0.380 e. The van der Waals surface area contributed by atoms with Crippen LogP contribution in [-0.4, -0.2) is 49.8 Å². The van der Waals surface area contributed by atoms with Gasteiger partial charge in [0.05, 0.1) is 12.5 Å². The summed E-state index contributed by atoms with van der Waals surface area (Å²) < 4.78 is 5.13. The van der Waals surface area contributed by atoms with Crippen LogP contribution in [0.25, 0.3) is 0 Å². The van der Waals surface area contributed by atoms with Gasteiger partial charge in [-0.3, -0.25) is 4.79 Å². The molecule has 0 spiro atoms. The van der Waals surface area contributed by atoms with E-state index in [0.29, 0.717) is 13.0 Å². The Morgan fingerprint density at radius 3 is 2.86 bits per heavy atom. The second kappa shape index (κ2) is 7.95. The molecule has 3 N–H and O–H groups in total. The maximum Gasteiger partial charge on any atom is 0.222 e. The fourth-order valence-electron chi connectivity index (χ4n) is 2.55. The fourth-order valence-corrected chi connectivity index (χ4v) is 2.55. The Kier molecular flexibility index (Phi) is 5.95. The summed E-state index contributed by atoms with van der Waals surface area (Å²) >= 11 is 0. The van der Waals surface area contributed by atoms with Crippen molar-refractivity contribution in [2.24, 2.45) is 5.73 Å². The number of amides is 1. The summed E-state index contributed by atoms with van der Waals surface area (Å²) in [5.41, 5.74) is 5.53. The number of ether oxygens (including phenoxy) is 1. The summed E-state index contributed by atoms with van der Waals surface area (Å²) in [5.74, 6) is 1.02. The van der Waals surface area contributed by atoms with Gasteiger partial charge in [-0.1, -0.05) is 6.07 Å². The second-order valence-electron chi connectivity index (χ2n) is 5.31. The number of aromatic nitrogens is 1. The molecule has 6 heteroatoms. The van der Waals surface area contributed by atoms with E-state index in [-0.39, 0.29) is 18.1 Å². The number of rotatable bonds is 6. The lowest BCUT2D eigenvalue weighted by molar-refractivity contribution is -0.124. The quantitative estimate of drug-likeness (QED) is 0.799. The number of carbonyl (C=O) groups excluding carboxylic acids is 1. The van der Waals surface area contributed by atoms with Gasteiger partial charge < -0.3 is 20.7 Å². The molecule has 116 valence electrons. The van der Waals surface area contributed by atoms with Crippen LogP contribution in [0.1, 0.15) is 19.3 Å². The monoisotopic (exact) mass is 292 g/mol. The van der Waals surface area contributed by atoms with E-state index >= 15 is 0 Å². The average Bonchev–Trinajstić information content (AvgIpc) is 2.54. The Morgan fingerprint density at radius 1 is 1.52 bits per heavy atom. The van der Waals surface area contributed by atoms with E-state index in [4.69, 9.17) is 10.5 Å². The summed E-state index contributed by atoms with van der Waals surface area (Å²) in [7, 11) is 1.58. The molecule has 1 aliphatic heterocycles. The van der Waals surface area contributed by atoms with Crippen molar-refractivity contribution in [3.63, 3.8) is 0 Å². The number of nitrogens with one attached hydrogen (secondary N) is 1. The molecule has 1 saturated heterocycles. The van der Waals surface area contributed by atoms with Gasteiger partial charge in [0.15, 0.2) is 0 Å². The van der Waals surface area contributed by atoms with Crippen molar-refractivity contribution < 1.29 is 9.53 Å². The minimum atomic E-state index is -0.196. The molecule has 0 aromatic carbocycles. The molecular formula is C15H24N4O2. The molecule has 0 saturated carbocycles. The van der Waals surface area contributed by atoms with Gasteiger partial charge in [-0.25, -0.2) is 4.98 Å². The molecule has 21 heavy (non-hydrogen) atoms. The molecule has 1 aromatic rings. The molecule has 6 nitrogen and oxygen atoms in total. The average molecular weight is 292 g/mol. The molecule has 2 rings (SSSR count). The van der Waals surface area contributed by atoms with E-state index in [1.165, 1.54) is 0 Å². The second-order valence-corrected chi connectivity index (χ2v) is 5.31. The van der Waals surface area contributed by atoms with E-state index in [2.05, 4.69) is 15.2 Å². The number of anilines is 1. The number of pyridine rings is 1. The van der Waals surface area contributed by atoms with Gasteiger partial charge in [-0.05, 0) is 25.0 Å². The predicted octanol–water partition coefficient (Wildman–Crippen LogP) is 0.530. The zero-order valence-electron chi connectivity index (χ0n) is 12.5. The van der Waals surface area contributed by atoms with Crippen molar-refractivity contribution >= 4 is 11.7 Å². The van der Waals surface area contributed by atoms with Crippen LogP contribution in [0.4, 0.5) is 5.82 Å². The summed E-state index contributed by atoms with van der Waals surface area (Å²) in [6.07, 6.45) is 3.80. The number of hydrogen-bond donors (Lipinski definition) is 2. The van der Waals surface area contributed by atoms with Crippen molar-refractivity contribution in [2.75, 3.05) is 31.6 Å². The normalized spacial score (nSPS) is 17.5. The molecule has 0 aliphatic carbocycles. The maximum atomic E-state index is 11.9. The highest BCUT2D eigenvalue weighted by molar-refractivity contribution is 5.76. The number of carbonyl (C=O) groups is 1. The van der Waals surface area contributed by atoms with E-state index in [1.807, 2.05) is 18.2 Å². The lowest BCUT2D eigenvalue weighted by Gasteiger charge is -2.33. The lowest BCUT2D eigenvalue weighted by Crippen LogP contribution is -2.46. The highest BCUT2D eigenvalue weighted by Crippen LogP contribution is 2.17. The van der Waals surface area contributed by atoms with Crippen LogP contribution in [0.3, 0.4) is 0 Å². The third-order valence-electron chi connectivity index (χ3n) is 3.84. The standard InChI is InChI=1S/C15H24N4O2/c1-21-13(11-16)10-15(20)18-12-5-8-19(9-6-12)14-4-2-3-7-17-14/h2-4,7,12-13H,5-6,8-11,16H2,1H3,(H,18,20). The lowest BCUT2D eigenvalue weighted by atomic mass is 10.0. The van der Waals surface area contributed by atoms with Crippen molar-refractivity contribution in [1.82, 2.24) is 10.3 Å². The third kappa shape index (κ3) is 4.68. The molecule has 1 atom stereocenters. The van der Waals surface area contributed by atoms with Crippen LogP contribution in [0, 0.1) is 0 Å². The van der Waals surface area contributed by atoms with E-state index in [0.717, 1.165) is 31.7 Å². The smallest absolute Gasteiger partial charge is 0.222 e. The molecule has 1 aliphatic rings. The molecule has 0 radical (unpaired) electrons. The third-order valence-corrected chi connectivity index (χ3v) is 3.84. The Labute approximate surface area is 125 Å². The van der Waals surface area contributed by atoms with Gasteiger partial charge in [0.2, 0.25) is 5.91 Å². The first kappa shape index (κ1) is 15.7. The van der Waals surface area contributed by atoms with Crippen LogP contribution >= 0.6 is 0 Å². The van der Waals surface area contributed by atoms with Crippen molar-refractivity contribution in [2.45, 2.75) is 31.4 Å². The molecule has 1 aromatic heterocycles. The van der Waals surface area contributed by atoms with Crippen LogP contribution in [0.2, 0.25) is 0 Å². The van der Waals surface area contributed by atoms with Gasteiger partial charge in [0.1, 0.15) is 5.82 Å². The first-order valence-corrected chi connectivity index (χ1v) is 7.41. The number of hydrogen-bond acceptors (Lipinski definition) is 5. The number of methoxy groups -OCH3 is 1. The van der Waals surface area contributed by atoms with Crippen molar-refractivity contribution in [3.8, 4) is 0 Å². The van der Waals surface area contributed by atoms with Crippen LogP contribution in [-0.2, 0) is 9.53 Å². The molecule has 1 unspecified atom stereocenters. The van der Waals surface area contributed by atoms with E-state index < -0.39 is 0 Å². The van der Waals surface area contributed by atoms with Gasteiger partial charge in [-0.15, -0.1) is 0 Å². The molecular weight excluding hydrogens is 268 g/mol. The van der Waals surface area contributed by atoms with Gasteiger partial charge >= 0.3 is 0 Å². The first-order valence-electron chi connectivity index (χ1n) is 7.41. The number of nitrogens with zero attached hydrogens (tertiary/aromatic N) is 2. The number of piperidine rings is 1. The highest BCUT2D eigenvalue weighted by Gasteiger charge is 2.22. The van der Waals surface area contributed by atoms with Crippen LogP contribution < -0.4 is 16.0 Å². The van der Waals surface area contributed by atoms with Crippen LogP contribution in [0.5, 0.6) is 0 Å². The topological polar surface area (TPSA) is 80.5 Å². The molecule has 2 heterocycles. The summed E-state index contributed by atoms with van der Waals surface area (Å²) in [6.45, 7) is 2.18. The van der Waals surface area contributed by atoms with Crippen molar-refractivity contribution in [3.05, 3.63) is 24.4 Å². The minimum absolute atomic E-state index is 0.0172. The Morgan fingerprint density at radius 2 is 2.29 bits per heavy atom. The molecule has 1 fully saturated rings. The fraction of sp³-hybridized carbons (Fsp3) is 0.600. The van der Waals surface area contributed by atoms with Crippen LogP contribution in [0.15, 0.2) is 24.4 Å². The van der Waals surface area contributed by atoms with Gasteiger partial charge in [0.25, 0.3) is 0 Å². The Hall–Kier alpha value is -1.66. The van der Waals surface area contributed by atoms with E-state index in [9.17, 15) is 4.79 Å². The summed E-state index contributed by atoms with van der Waals surface area (Å²) in [4.78, 5) is 18.5. The zero-order chi connectivity index (χ0) is 15.1. The SMILES string of the molecule is COC(CN)CC(=O)NC1CCN(c2ccccn2)CC1. The summed E-state index contributed by atoms with van der Waals surface area (Å²) in [6, 6.07) is 6.16. The van der Waals surface area contributed by atoms with Crippen molar-refractivity contribution in [1.29, 1.82) is 0 Å². The zero-order valence-corrected chi connectivity index (χ0v) is 12.5. The summed E-state index contributed by atoms with van der Waals surface area (Å²) in [5, 5.41) is 3.07. The van der Waals surface area contributed by atoms with Gasteiger partial charge in [-0.2, -0.15) is 0 Å².